The van der Waals surface area contributed by atoms with Gasteiger partial charge in [0.1, 0.15) is 6.26 Å². The van der Waals surface area contributed by atoms with Crippen molar-refractivity contribution < 1.29 is 18.3 Å². The standard InChI is InChI=1S/C4H6O4S/c1-4(5)8-2-3-9(6)7/h2-3H,1H3,(H,6,7)/p-1. The summed E-state index contributed by atoms with van der Waals surface area (Å²) in [6.07, 6.45) is 0.811. The summed E-state index contributed by atoms with van der Waals surface area (Å²) in [6.45, 7) is 1.18. The van der Waals surface area contributed by atoms with E-state index in [1.54, 1.807) is 0 Å². The maximum absolute atomic E-state index is 9.95. The molecule has 4 nitrogen and oxygen atoms in total. The van der Waals surface area contributed by atoms with Gasteiger partial charge in [0.25, 0.3) is 0 Å². The molecule has 0 aromatic heterocycles. The van der Waals surface area contributed by atoms with Gasteiger partial charge in [0.15, 0.2) is 0 Å². The first-order valence-corrected chi connectivity index (χ1v) is 3.18. The zero-order valence-corrected chi connectivity index (χ0v) is 5.51. The highest BCUT2D eigenvalue weighted by molar-refractivity contribution is 7.82. The summed E-state index contributed by atoms with van der Waals surface area (Å²) in [5, 5.41) is 0.738. The summed E-state index contributed by atoms with van der Waals surface area (Å²) in [4.78, 5) is 9.95. The van der Waals surface area contributed by atoms with Gasteiger partial charge in [0.05, 0.1) is 0 Å². The Labute approximate surface area is 54.8 Å². The molecule has 0 aromatic carbocycles. The second-order valence-electron chi connectivity index (χ2n) is 1.14. The van der Waals surface area contributed by atoms with E-state index in [1.807, 2.05) is 0 Å². The molecule has 0 amide bonds. The van der Waals surface area contributed by atoms with Gasteiger partial charge in [-0.2, -0.15) is 0 Å². The lowest BCUT2D eigenvalue weighted by Crippen LogP contribution is -1.90. The largest absolute Gasteiger partial charge is 0.769 e. The predicted octanol–water partition coefficient (Wildman–Crippen LogP) is -0.100. The van der Waals surface area contributed by atoms with Gasteiger partial charge in [-0.25, -0.2) is 0 Å². The van der Waals surface area contributed by atoms with Gasteiger partial charge in [-0.15, -0.1) is 0 Å². The fraction of sp³-hybridized carbons (Fsp3) is 0.250. The van der Waals surface area contributed by atoms with E-state index in [9.17, 15) is 13.6 Å². The molecule has 0 aliphatic rings. The Morgan fingerprint density at radius 2 is 2.33 bits per heavy atom. The lowest BCUT2D eigenvalue weighted by atomic mass is 10.8. The topological polar surface area (TPSA) is 66.4 Å². The highest BCUT2D eigenvalue weighted by Crippen LogP contribution is 1.80. The van der Waals surface area contributed by atoms with Crippen LogP contribution in [0.3, 0.4) is 0 Å². The van der Waals surface area contributed by atoms with Crippen molar-refractivity contribution in [1.29, 1.82) is 0 Å². The first kappa shape index (κ1) is 8.32. The molecule has 0 bridgehead atoms. The first-order chi connectivity index (χ1) is 4.13. The molecule has 0 saturated heterocycles. The monoisotopic (exact) mass is 149 g/mol. The van der Waals surface area contributed by atoms with Gasteiger partial charge in [0, 0.05) is 12.3 Å². The Morgan fingerprint density at radius 3 is 2.67 bits per heavy atom. The fourth-order valence-corrected chi connectivity index (χ4v) is 0.315. The number of carbonyl (C=O) groups excluding carboxylic acids is 1. The second-order valence-corrected chi connectivity index (χ2v) is 1.94. The summed E-state index contributed by atoms with van der Waals surface area (Å²) in [6, 6.07) is 0. The Morgan fingerprint density at radius 1 is 1.78 bits per heavy atom. The minimum atomic E-state index is -2.29. The number of hydrogen-bond donors (Lipinski definition) is 0. The molecule has 5 heteroatoms. The lowest BCUT2D eigenvalue weighted by Gasteiger charge is -1.93. The minimum Gasteiger partial charge on any atom is -0.769 e. The maximum atomic E-state index is 9.95. The third-order valence-electron chi connectivity index (χ3n) is 0.401. The van der Waals surface area contributed by atoms with Crippen LogP contribution in [-0.2, 0) is 20.6 Å². The molecule has 0 aliphatic heterocycles. The molecule has 0 radical (unpaired) electrons. The number of carbonyl (C=O) groups is 1. The zero-order chi connectivity index (χ0) is 7.28. The van der Waals surface area contributed by atoms with Gasteiger partial charge in [-0.1, -0.05) is 0 Å². The van der Waals surface area contributed by atoms with Crippen molar-refractivity contribution in [2.24, 2.45) is 0 Å². The lowest BCUT2D eigenvalue weighted by molar-refractivity contribution is -0.135. The summed E-state index contributed by atoms with van der Waals surface area (Å²) in [5.74, 6) is -0.545. The average Bonchev–Trinajstić information content (AvgIpc) is 1.63. The van der Waals surface area contributed by atoms with Crippen LogP contribution < -0.4 is 0 Å². The quantitative estimate of drug-likeness (QED) is 0.312. The SMILES string of the molecule is CC(=O)OC=CS(=O)[O-]. The van der Waals surface area contributed by atoms with E-state index >= 15 is 0 Å². The number of rotatable bonds is 2. The van der Waals surface area contributed by atoms with Crippen molar-refractivity contribution in [2.75, 3.05) is 0 Å². The first-order valence-electron chi connectivity index (χ1n) is 2.05. The highest BCUT2D eigenvalue weighted by atomic mass is 32.2. The summed E-state index contributed by atoms with van der Waals surface area (Å²) in [7, 11) is 0. The van der Waals surface area contributed by atoms with Crippen LogP contribution in [0.1, 0.15) is 6.92 Å². The number of ether oxygens (including phenoxy) is 1. The van der Waals surface area contributed by atoms with Crippen LogP contribution >= 0.6 is 0 Å². The number of hydrogen-bond acceptors (Lipinski definition) is 4. The Kier molecular flexibility index (Phi) is 3.90. The summed E-state index contributed by atoms with van der Waals surface area (Å²) >= 11 is -2.29. The third-order valence-corrected chi connectivity index (χ3v) is 0.734. The van der Waals surface area contributed by atoms with Crippen LogP contribution in [0.2, 0.25) is 0 Å². The van der Waals surface area contributed by atoms with Crippen molar-refractivity contribution in [3.63, 3.8) is 0 Å². The average molecular weight is 149 g/mol. The molecule has 0 aromatic rings. The molecule has 0 fully saturated rings. The van der Waals surface area contributed by atoms with E-state index in [4.69, 9.17) is 0 Å². The van der Waals surface area contributed by atoms with E-state index < -0.39 is 17.0 Å². The Bertz CT molecular complexity index is 151. The molecule has 52 valence electrons. The molecular formula is C4H5O4S-. The second kappa shape index (κ2) is 4.22. The smallest absolute Gasteiger partial charge is 0.307 e. The van der Waals surface area contributed by atoms with E-state index in [2.05, 4.69) is 4.74 Å². The van der Waals surface area contributed by atoms with Crippen LogP contribution in [0.25, 0.3) is 0 Å². The van der Waals surface area contributed by atoms with Gasteiger partial charge in [-0.3, -0.25) is 9.00 Å². The fourth-order valence-electron chi connectivity index (χ4n) is 0.169. The maximum Gasteiger partial charge on any atom is 0.307 e. The van der Waals surface area contributed by atoms with Gasteiger partial charge >= 0.3 is 5.97 Å². The molecule has 0 saturated carbocycles. The van der Waals surface area contributed by atoms with Crippen LogP contribution in [0.5, 0.6) is 0 Å². The van der Waals surface area contributed by atoms with Crippen molar-refractivity contribution >= 4 is 17.0 Å². The molecule has 0 aliphatic carbocycles. The van der Waals surface area contributed by atoms with Crippen LogP contribution in [-0.4, -0.2) is 14.7 Å². The molecular weight excluding hydrogens is 144 g/mol. The van der Waals surface area contributed by atoms with Crippen molar-refractivity contribution in [2.45, 2.75) is 6.92 Å². The Hall–Kier alpha value is -0.680. The predicted molar refractivity (Wildman–Crippen MR) is 29.8 cm³/mol. The summed E-state index contributed by atoms with van der Waals surface area (Å²) < 4.78 is 23.5. The molecule has 0 rings (SSSR count). The molecule has 0 heterocycles. The normalized spacial score (nSPS) is 13.6. The highest BCUT2D eigenvalue weighted by Gasteiger charge is 1.82. The van der Waals surface area contributed by atoms with Gasteiger partial charge < -0.3 is 9.29 Å². The van der Waals surface area contributed by atoms with E-state index in [1.165, 1.54) is 6.92 Å². The molecule has 1 unspecified atom stereocenters. The van der Waals surface area contributed by atoms with Crippen LogP contribution in [0.4, 0.5) is 0 Å². The van der Waals surface area contributed by atoms with Crippen LogP contribution in [0.15, 0.2) is 11.7 Å². The third kappa shape index (κ3) is 7.32. The van der Waals surface area contributed by atoms with E-state index in [0.717, 1.165) is 11.7 Å². The van der Waals surface area contributed by atoms with E-state index in [-0.39, 0.29) is 0 Å². The van der Waals surface area contributed by atoms with Gasteiger partial charge in [0.2, 0.25) is 0 Å². The van der Waals surface area contributed by atoms with E-state index in [0.29, 0.717) is 0 Å². The molecule has 9 heavy (non-hydrogen) atoms. The Balaban J connectivity index is 3.48. The van der Waals surface area contributed by atoms with Crippen molar-refractivity contribution in [1.82, 2.24) is 0 Å². The van der Waals surface area contributed by atoms with Gasteiger partial charge in [-0.05, 0) is 11.1 Å². The van der Waals surface area contributed by atoms with Crippen molar-refractivity contribution in [3.05, 3.63) is 11.7 Å². The molecule has 1 atom stereocenters. The number of esters is 1. The van der Waals surface area contributed by atoms with Crippen molar-refractivity contribution in [3.8, 4) is 0 Å². The molecule has 0 spiro atoms. The summed E-state index contributed by atoms with van der Waals surface area (Å²) in [5.41, 5.74) is 0. The van der Waals surface area contributed by atoms with Crippen LogP contribution in [0, 0.1) is 0 Å². The minimum absolute atomic E-state index is 0.545. The molecule has 0 N–H and O–H groups in total. The zero-order valence-electron chi connectivity index (χ0n) is 4.70.